The highest BCUT2D eigenvalue weighted by molar-refractivity contribution is 5.66. The number of rotatable bonds is 10. The molecule has 1 heterocycles. The Bertz CT molecular complexity index is 569. The second-order valence-electron chi connectivity index (χ2n) is 4.78. The van der Waals surface area contributed by atoms with Gasteiger partial charge in [-0.05, 0) is 12.1 Å². The van der Waals surface area contributed by atoms with Crippen molar-refractivity contribution in [2.45, 2.75) is 32.0 Å². The Kier molecular flexibility index (Phi) is 7.40. The van der Waals surface area contributed by atoms with Crippen LogP contribution in [0.4, 0.5) is 0 Å². The van der Waals surface area contributed by atoms with Crippen molar-refractivity contribution in [1.82, 2.24) is 0 Å². The van der Waals surface area contributed by atoms with Gasteiger partial charge in [0.25, 0.3) is 6.47 Å². The fourth-order valence-electron chi connectivity index (χ4n) is 2.11. The zero-order valence-electron chi connectivity index (χ0n) is 13.1. The van der Waals surface area contributed by atoms with Gasteiger partial charge in [0.1, 0.15) is 18.3 Å². The van der Waals surface area contributed by atoms with Crippen molar-refractivity contribution in [2.75, 3.05) is 13.2 Å². The Morgan fingerprint density at radius 3 is 2.54 bits per heavy atom. The summed E-state index contributed by atoms with van der Waals surface area (Å²) in [7, 11) is 0. The lowest BCUT2D eigenvalue weighted by Gasteiger charge is -2.28. The van der Waals surface area contributed by atoms with E-state index in [1.807, 2.05) is 0 Å². The van der Waals surface area contributed by atoms with E-state index in [9.17, 15) is 24.5 Å². The largest absolute Gasteiger partial charge is 0.469 e. The Morgan fingerprint density at radius 2 is 2.08 bits per heavy atom. The van der Waals surface area contributed by atoms with Crippen LogP contribution in [-0.4, -0.2) is 48.7 Å². The lowest BCUT2D eigenvalue weighted by molar-refractivity contribution is -0.486. The van der Waals surface area contributed by atoms with Gasteiger partial charge in [0, 0.05) is 18.8 Å². The molecule has 0 aliphatic rings. The van der Waals surface area contributed by atoms with Crippen molar-refractivity contribution in [2.24, 2.45) is 0 Å². The summed E-state index contributed by atoms with van der Waals surface area (Å²) in [6.07, 6.45) is -1.21. The third-order valence-corrected chi connectivity index (χ3v) is 3.00. The first-order valence-electron chi connectivity index (χ1n) is 6.90. The van der Waals surface area contributed by atoms with Crippen molar-refractivity contribution >= 4 is 18.4 Å². The second kappa shape index (κ2) is 9.28. The smallest absolute Gasteiger partial charge is 0.303 e. The predicted octanol–water partition coefficient (Wildman–Crippen LogP) is 0.676. The van der Waals surface area contributed by atoms with E-state index in [-0.39, 0.29) is 12.2 Å². The molecule has 0 fully saturated rings. The maximum atomic E-state index is 11.4. The molecule has 0 bridgehead atoms. The summed E-state index contributed by atoms with van der Waals surface area (Å²) < 4.78 is 19.9. The Labute approximate surface area is 136 Å². The molecule has 0 aliphatic heterocycles. The van der Waals surface area contributed by atoms with E-state index in [1.54, 1.807) is 0 Å². The number of hydrogen-bond donors (Lipinski definition) is 0. The van der Waals surface area contributed by atoms with Crippen molar-refractivity contribution in [3.05, 3.63) is 34.3 Å². The second-order valence-corrected chi connectivity index (χ2v) is 4.78. The van der Waals surface area contributed by atoms with Crippen LogP contribution < -0.4 is 0 Å². The minimum Gasteiger partial charge on any atom is -0.469 e. The Morgan fingerprint density at radius 1 is 1.38 bits per heavy atom. The summed E-state index contributed by atoms with van der Waals surface area (Å²) in [5.41, 5.74) is 0. The molecular formula is C14H17NO9. The number of carbonyl (C=O) groups excluding carboxylic acids is 3. The third kappa shape index (κ3) is 6.07. The van der Waals surface area contributed by atoms with E-state index >= 15 is 0 Å². The zero-order chi connectivity index (χ0) is 18.1. The predicted molar refractivity (Wildman–Crippen MR) is 76.4 cm³/mol. The quantitative estimate of drug-likeness (QED) is 0.197. The summed E-state index contributed by atoms with van der Waals surface area (Å²) in [6.45, 7) is 1.24. The molecule has 3 atom stereocenters. The maximum absolute atomic E-state index is 11.4. The van der Waals surface area contributed by atoms with Crippen LogP contribution >= 0.6 is 0 Å². The third-order valence-electron chi connectivity index (χ3n) is 3.00. The van der Waals surface area contributed by atoms with Gasteiger partial charge >= 0.3 is 11.9 Å². The van der Waals surface area contributed by atoms with Gasteiger partial charge in [-0.3, -0.25) is 24.5 Å². The summed E-state index contributed by atoms with van der Waals surface area (Å²) in [5.74, 6) is -2.28. The molecule has 0 spiro atoms. The molecule has 10 heteroatoms. The fraction of sp³-hybridized carbons (Fsp3) is 0.500. The Hall–Kier alpha value is -2.91. The number of nitrogens with zero attached hydrogens (tertiary/aromatic N) is 1. The van der Waals surface area contributed by atoms with Crippen LogP contribution in [0.2, 0.25) is 0 Å². The minimum atomic E-state index is -1.27. The van der Waals surface area contributed by atoms with Crippen molar-refractivity contribution in [1.29, 1.82) is 0 Å². The van der Waals surface area contributed by atoms with Gasteiger partial charge in [-0.25, -0.2) is 0 Å². The number of esters is 2. The van der Waals surface area contributed by atoms with Gasteiger partial charge in [0.2, 0.25) is 6.54 Å². The first-order valence-corrected chi connectivity index (χ1v) is 6.90. The summed E-state index contributed by atoms with van der Waals surface area (Å²) >= 11 is 0. The van der Waals surface area contributed by atoms with Gasteiger partial charge in [0.05, 0.1) is 6.26 Å². The molecule has 24 heavy (non-hydrogen) atoms. The van der Waals surface area contributed by atoms with Crippen LogP contribution in [0.15, 0.2) is 22.8 Å². The van der Waals surface area contributed by atoms with Crippen molar-refractivity contribution in [3.8, 4) is 0 Å². The molecule has 1 aromatic heterocycles. The summed E-state index contributed by atoms with van der Waals surface area (Å²) in [5, 5.41) is 11.0. The van der Waals surface area contributed by atoms with Crippen LogP contribution in [0.5, 0.6) is 0 Å². The van der Waals surface area contributed by atoms with E-state index in [2.05, 4.69) is 0 Å². The minimum absolute atomic E-state index is 0.0794. The molecule has 0 unspecified atom stereocenters. The van der Waals surface area contributed by atoms with E-state index in [0.29, 0.717) is 0 Å². The van der Waals surface area contributed by atoms with E-state index in [1.165, 1.54) is 18.4 Å². The molecule has 1 aromatic rings. The number of nitro groups is 1. The molecule has 0 aromatic carbocycles. The van der Waals surface area contributed by atoms with E-state index in [0.717, 1.165) is 13.8 Å². The SMILES string of the molecule is CC(=O)OC[C@@H](OC=O)[C@@H](OC(C)=O)[C@@H](C[N+](=O)[O-])c1ccco1. The van der Waals surface area contributed by atoms with Gasteiger partial charge in [-0.2, -0.15) is 0 Å². The summed E-state index contributed by atoms with van der Waals surface area (Å²) in [6, 6.07) is 2.98. The highest BCUT2D eigenvalue weighted by Crippen LogP contribution is 2.27. The van der Waals surface area contributed by atoms with Crippen LogP contribution in [0.1, 0.15) is 25.5 Å². The van der Waals surface area contributed by atoms with Crippen molar-refractivity contribution < 1.29 is 37.9 Å². The van der Waals surface area contributed by atoms with Crippen LogP contribution in [0, 0.1) is 10.1 Å². The Balaban J connectivity index is 3.15. The number of hydrogen-bond acceptors (Lipinski definition) is 9. The number of ether oxygens (including phenoxy) is 3. The van der Waals surface area contributed by atoms with Gasteiger partial charge < -0.3 is 18.6 Å². The number of carbonyl (C=O) groups is 3. The highest BCUT2D eigenvalue weighted by Gasteiger charge is 2.40. The lowest BCUT2D eigenvalue weighted by Crippen LogP contribution is -2.43. The first-order chi connectivity index (χ1) is 11.3. The molecular weight excluding hydrogens is 326 g/mol. The van der Waals surface area contributed by atoms with Gasteiger partial charge in [0.15, 0.2) is 12.2 Å². The average molecular weight is 343 g/mol. The topological polar surface area (TPSA) is 135 Å². The first kappa shape index (κ1) is 19.1. The van der Waals surface area contributed by atoms with E-state index < -0.39 is 48.1 Å². The van der Waals surface area contributed by atoms with Crippen LogP contribution in [0.3, 0.4) is 0 Å². The van der Waals surface area contributed by atoms with Crippen molar-refractivity contribution in [3.63, 3.8) is 0 Å². The molecule has 0 saturated heterocycles. The molecule has 0 amide bonds. The molecule has 10 nitrogen and oxygen atoms in total. The molecule has 0 saturated carbocycles. The molecule has 1 rings (SSSR count). The average Bonchev–Trinajstić information content (AvgIpc) is 3.00. The highest BCUT2D eigenvalue weighted by atomic mass is 16.6. The van der Waals surface area contributed by atoms with Crippen LogP contribution in [-0.2, 0) is 28.6 Å². The molecule has 132 valence electrons. The van der Waals surface area contributed by atoms with Gasteiger partial charge in [-0.15, -0.1) is 0 Å². The zero-order valence-corrected chi connectivity index (χ0v) is 13.1. The standard InChI is InChI=1S/C14H17NO9/c1-9(17)22-7-13(23-8-16)14(24-10(2)18)11(6-15(19)20)12-4-3-5-21-12/h3-5,8,11,13-14H,6-7H2,1-2H3/t11-,13+,14-/m0/s1. The van der Waals surface area contributed by atoms with E-state index in [4.69, 9.17) is 18.6 Å². The normalized spacial score (nSPS) is 14.1. The molecule has 0 aliphatic carbocycles. The molecule has 0 N–H and O–H groups in total. The maximum Gasteiger partial charge on any atom is 0.303 e. The monoisotopic (exact) mass is 343 g/mol. The van der Waals surface area contributed by atoms with Crippen LogP contribution in [0.25, 0.3) is 0 Å². The molecule has 0 radical (unpaired) electrons. The van der Waals surface area contributed by atoms with Gasteiger partial charge in [-0.1, -0.05) is 0 Å². The summed E-state index contributed by atoms with van der Waals surface area (Å²) in [4.78, 5) is 43.4. The fourth-order valence-corrected chi connectivity index (χ4v) is 2.11. The lowest BCUT2D eigenvalue weighted by atomic mass is 9.95. The number of furan rings is 1.